The average molecular weight is 177 g/mol. The fourth-order valence-electron chi connectivity index (χ4n) is 1.54. The van der Waals surface area contributed by atoms with Gasteiger partial charge in [-0.3, -0.25) is 4.98 Å². The molecule has 4 N–H and O–H groups in total. The number of rotatable bonds is 3. The van der Waals surface area contributed by atoms with Gasteiger partial charge in [0.1, 0.15) is 0 Å². The molecule has 1 aliphatic rings. The normalized spacial score (nSPS) is 21.1. The minimum atomic E-state index is -0.103. The van der Waals surface area contributed by atoms with Crippen molar-refractivity contribution in [2.24, 2.45) is 17.4 Å². The van der Waals surface area contributed by atoms with Gasteiger partial charge in [-0.25, -0.2) is 0 Å². The smallest absolute Gasteiger partial charge is 0.0626 e. The van der Waals surface area contributed by atoms with Crippen molar-refractivity contribution in [2.75, 3.05) is 0 Å². The first-order valence-electron chi connectivity index (χ1n) is 4.71. The van der Waals surface area contributed by atoms with Gasteiger partial charge in [0.25, 0.3) is 0 Å². The topological polar surface area (TPSA) is 64.9 Å². The van der Waals surface area contributed by atoms with Crippen molar-refractivity contribution in [1.82, 2.24) is 4.98 Å². The van der Waals surface area contributed by atoms with E-state index >= 15 is 0 Å². The molecule has 0 bridgehead atoms. The lowest BCUT2D eigenvalue weighted by Gasteiger charge is -2.18. The number of hydrogen-bond acceptors (Lipinski definition) is 3. The SMILES string of the molecule is N[C@@H](c1ccccn1)[C@@H](N)C1CC1. The van der Waals surface area contributed by atoms with Gasteiger partial charge in [-0.05, 0) is 30.9 Å². The molecule has 2 atom stereocenters. The van der Waals surface area contributed by atoms with E-state index in [2.05, 4.69) is 4.98 Å². The van der Waals surface area contributed by atoms with Gasteiger partial charge < -0.3 is 11.5 Å². The van der Waals surface area contributed by atoms with Gasteiger partial charge in [-0.1, -0.05) is 6.07 Å². The summed E-state index contributed by atoms with van der Waals surface area (Å²) < 4.78 is 0. The molecular weight excluding hydrogens is 162 g/mol. The largest absolute Gasteiger partial charge is 0.326 e. The summed E-state index contributed by atoms with van der Waals surface area (Å²) in [4.78, 5) is 4.20. The molecule has 70 valence electrons. The molecule has 0 saturated heterocycles. The highest BCUT2D eigenvalue weighted by Crippen LogP contribution is 2.35. The van der Waals surface area contributed by atoms with Crippen LogP contribution in [0.5, 0.6) is 0 Å². The molecule has 1 saturated carbocycles. The molecule has 0 aromatic carbocycles. The molecule has 1 heterocycles. The third kappa shape index (κ3) is 1.87. The Morgan fingerprint density at radius 1 is 1.31 bits per heavy atom. The van der Waals surface area contributed by atoms with Gasteiger partial charge in [0, 0.05) is 12.2 Å². The molecule has 0 spiro atoms. The van der Waals surface area contributed by atoms with Crippen LogP contribution < -0.4 is 11.5 Å². The van der Waals surface area contributed by atoms with Crippen molar-refractivity contribution in [3.05, 3.63) is 30.1 Å². The summed E-state index contributed by atoms with van der Waals surface area (Å²) in [5.74, 6) is 0.622. The van der Waals surface area contributed by atoms with Crippen molar-refractivity contribution in [3.8, 4) is 0 Å². The Morgan fingerprint density at radius 3 is 2.62 bits per heavy atom. The minimum absolute atomic E-state index is 0.0786. The van der Waals surface area contributed by atoms with Gasteiger partial charge >= 0.3 is 0 Å². The number of pyridine rings is 1. The monoisotopic (exact) mass is 177 g/mol. The third-order valence-electron chi connectivity index (χ3n) is 2.61. The maximum absolute atomic E-state index is 5.99. The Kier molecular flexibility index (Phi) is 2.29. The van der Waals surface area contributed by atoms with Crippen LogP contribution in [0, 0.1) is 5.92 Å². The lowest BCUT2D eigenvalue weighted by molar-refractivity contribution is 0.485. The predicted octanol–water partition coefficient (Wildman–Crippen LogP) is 0.819. The second kappa shape index (κ2) is 3.44. The lowest BCUT2D eigenvalue weighted by Crippen LogP contribution is -2.36. The highest BCUT2D eigenvalue weighted by atomic mass is 14.9. The van der Waals surface area contributed by atoms with E-state index in [9.17, 15) is 0 Å². The molecule has 13 heavy (non-hydrogen) atoms. The van der Waals surface area contributed by atoms with Crippen molar-refractivity contribution in [3.63, 3.8) is 0 Å². The Labute approximate surface area is 78.1 Å². The van der Waals surface area contributed by atoms with Crippen LogP contribution in [0.25, 0.3) is 0 Å². The Bertz CT molecular complexity index is 269. The van der Waals surface area contributed by atoms with Crippen LogP contribution in [-0.4, -0.2) is 11.0 Å². The second-order valence-corrected chi connectivity index (χ2v) is 3.70. The van der Waals surface area contributed by atoms with Crippen LogP contribution >= 0.6 is 0 Å². The molecule has 1 aliphatic carbocycles. The van der Waals surface area contributed by atoms with Crippen LogP contribution in [0.1, 0.15) is 24.6 Å². The highest BCUT2D eigenvalue weighted by molar-refractivity contribution is 5.11. The molecule has 0 aliphatic heterocycles. The first kappa shape index (κ1) is 8.66. The number of aromatic nitrogens is 1. The van der Waals surface area contributed by atoms with Gasteiger partial charge in [0.2, 0.25) is 0 Å². The zero-order valence-electron chi connectivity index (χ0n) is 7.56. The van der Waals surface area contributed by atoms with E-state index < -0.39 is 0 Å². The van der Waals surface area contributed by atoms with Crippen molar-refractivity contribution in [2.45, 2.75) is 24.9 Å². The standard InChI is InChI=1S/C10H15N3/c11-9(7-4-5-7)10(12)8-3-1-2-6-13-8/h1-3,6-7,9-10H,4-5,11-12H2/t9-,10-/m0/s1. The first-order chi connectivity index (χ1) is 6.29. The maximum atomic E-state index is 5.99. The van der Waals surface area contributed by atoms with Gasteiger partial charge in [-0.15, -0.1) is 0 Å². The van der Waals surface area contributed by atoms with Crippen LogP contribution in [0.2, 0.25) is 0 Å². The zero-order valence-corrected chi connectivity index (χ0v) is 7.56. The third-order valence-corrected chi connectivity index (χ3v) is 2.61. The number of nitrogens with two attached hydrogens (primary N) is 2. The highest BCUT2D eigenvalue weighted by Gasteiger charge is 2.33. The molecule has 1 aromatic heterocycles. The quantitative estimate of drug-likeness (QED) is 0.718. The molecule has 1 aromatic rings. The van der Waals surface area contributed by atoms with E-state index in [1.807, 2.05) is 18.2 Å². The molecular formula is C10H15N3. The molecule has 0 radical (unpaired) electrons. The minimum Gasteiger partial charge on any atom is -0.326 e. The van der Waals surface area contributed by atoms with Crippen LogP contribution in [-0.2, 0) is 0 Å². The molecule has 3 nitrogen and oxygen atoms in total. The van der Waals surface area contributed by atoms with Crippen LogP contribution in [0.4, 0.5) is 0 Å². The number of nitrogens with zero attached hydrogens (tertiary/aromatic N) is 1. The number of hydrogen-bond donors (Lipinski definition) is 2. The summed E-state index contributed by atoms with van der Waals surface area (Å²) >= 11 is 0. The maximum Gasteiger partial charge on any atom is 0.0626 e. The second-order valence-electron chi connectivity index (χ2n) is 3.70. The van der Waals surface area contributed by atoms with E-state index in [4.69, 9.17) is 11.5 Å². The van der Waals surface area contributed by atoms with Crippen molar-refractivity contribution < 1.29 is 0 Å². The Morgan fingerprint density at radius 2 is 2.08 bits per heavy atom. The van der Waals surface area contributed by atoms with E-state index in [0.29, 0.717) is 5.92 Å². The molecule has 1 fully saturated rings. The average Bonchev–Trinajstić information content (AvgIpc) is 3.00. The van der Waals surface area contributed by atoms with E-state index in [-0.39, 0.29) is 12.1 Å². The Balaban J connectivity index is 2.07. The molecule has 0 unspecified atom stereocenters. The van der Waals surface area contributed by atoms with Crippen molar-refractivity contribution >= 4 is 0 Å². The first-order valence-corrected chi connectivity index (χ1v) is 4.71. The van der Waals surface area contributed by atoms with Crippen LogP contribution in [0.3, 0.4) is 0 Å². The van der Waals surface area contributed by atoms with E-state index in [1.54, 1.807) is 6.20 Å². The van der Waals surface area contributed by atoms with Gasteiger partial charge in [-0.2, -0.15) is 0 Å². The summed E-state index contributed by atoms with van der Waals surface area (Å²) in [5.41, 5.74) is 12.9. The molecule has 3 heteroatoms. The van der Waals surface area contributed by atoms with Gasteiger partial charge in [0.15, 0.2) is 0 Å². The zero-order chi connectivity index (χ0) is 9.26. The van der Waals surface area contributed by atoms with E-state index in [1.165, 1.54) is 12.8 Å². The van der Waals surface area contributed by atoms with E-state index in [0.717, 1.165) is 5.69 Å². The predicted molar refractivity (Wildman–Crippen MR) is 51.9 cm³/mol. The Hall–Kier alpha value is -0.930. The summed E-state index contributed by atoms with van der Waals surface area (Å²) in [6, 6.07) is 5.75. The van der Waals surface area contributed by atoms with Crippen molar-refractivity contribution in [1.29, 1.82) is 0 Å². The summed E-state index contributed by atoms with van der Waals surface area (Å²) in [6.45, 7) is 0. The molecule has 0 amide bonds. The van der Waals surface area contributed by atoms with Gasteiger partial charge in [0.05, 0.1) is 11.7 Å². The fraction of sp³-hybridized carbons (Fsp3) is 0.500. The lowest BCUT2D eigenvalue weighted by atomic mass is 10.0. The summed E-state index contributed by atoms with van der Waals surface area (Å²) in [5, 5.41) is 0. The summed E-state index contributed by atoms with van der Waals surface area (Å²) in [7, 11) is 0. The molecule has 2 rings (SSSR count). The fourth-order valence-corrected chi connectivity index (χ4v) is 1.54. The van der Waals surface area contributed by atoms with Crippen LogP contribution in [0.15, 0.2) is 24.4 Å². The summed E-state index contributed by atoms with van der Waals surface area (Å²) in [6.07, 6.45) is 4.21.